The molecule has 0 radical (unpaired) electrons. The molecule has 3 aromatic carbocycles. The highest BCUT2D eigenvalue weighted by Crippen LogP contribution is 2.41. The van der Waals surface area contributed by atoms with Gasteiger partial charge in [-0.15, -0.1) is 10.2 Å². The lowest BCUT2D eigenvalue weighted by Gasteiger charge is -2.08. The topological polar surface area (TPSA) is 137 Å². The third-order valence-corrected chi connectivity index (χ3v) is 5.46. The number of hydrogen-bond donors (Lipinski definition) is 3. The summed E-state index contributed by atoms with van der Waals surface area (Å²) in [5, 5.41) is 33.4. The molecule has 0 aliphatic rings. The molecule has 4 rings (SSSR count). The van der Waals surface area contributed by atoms with E-state index in [1.807, 2.05) is 0 Å². The first-order valence-corrected chi connectivity index (χ1v) is 10.3. The fraction of sp³-hybridized carbons (Fsp3) is 0.0500. The third-order valence-electron chi connectivity index (χ3n) is 4.56. The Morgan fingerprint density at radius 2 is 1.58 bits per heavy atom. The van der Waals surface area contributed by atoms with Gasteiger partial charge in [-0.1, -0.05) is 24.3 Å². The molecular weight excluding hydrogens is 427 g/mol. The molecule has 0 spiro atoms. The number of aromatic nitrogens is 2. The van der Waals surface area contributed by atoms with E-state index in [-0.39, 0.29) is 28.0 Å². The molecule has 0 aliphatic carbocycles. The van der Waals surface area contributed by atoms with Crippen molar-refractivity contribution >= 4 is 32.3 Å². The number of hydrogen-bond acceptors (Lipinski definition) is 7. The van der Waals surface area contributed by atoms with Crippen LogP contribution in [0, 0.1) is 12.7 Å². The van der Waals surface area contributed by atoms with Gasteiger partial charge < -0.3 is 10.2 Å². The smallest absolute Gasteiger partial charge is 0.295 e. The molecule has 3 N–H and O–H groups in total. The average molecular weight is 442 g/mol. The lowest BCUT2D eigenvalue weighted by atomic mass is 10.1. The van der Waals surface area contributed by atoms with Crippen molar-refractivity contribution in [2.45, 2.75) is 11.8 Å². The summed E-state index contributed by atoms with van der Waals surface area (Å²) in [6.07, 6.45) is 0. The Bertz CT molecular complexity index is 1450. The number of fused-ring (bicyclic) bond motifs is 1. The number of aromatic hydroxyl groups is 2. The number of azo groups is 1. The highest BCUT2D eigenvalue weighted by molar-refractivity contribution is 7.86. The maximum absolute atomic E-state index is 13.2. The number of rotatable bonds is 4. The summed E-state index contributed by atoms with van der Waals surface area (Å²) in [6.45, 7) is 1.58. The van der Waals surface area contributed by atoms with E-state index in [9.17, 15) is 27.6 Å². The minimum atomic E-state index is -4.59. The zero-order chi connectivity index (χ0) is 22.3. The molecule has 11 heteroatoms. The second-order valence-electron chi connectivity index (χ2n) is 6.61. The number of aryl methyl sites for hydroxylation is 1. The molecule has 9 nitrogen and oxygen atoms in total. The van der Waals surface area contributed by atoms with E-state index >= 15 is 0 Å². The largest absolute Gasteiger partial charge is 0.506 e. The molecule has 0 aliphatic heterocycles. The Labute approximate surface area is 175 Å². The van der Waals surface area contributed by atoms with Crippen molar-refractivity contribution in [1.29, 1.82) is 0 Å². The van der Waals surface area contributed by atoms with Crippen molar-refractivity contribution in [1.82, 2.24) is 9.78 Å². The number of nitrogens with zero attached hydrogens (tertiary/aromatic N) is 4. The van der Waals surface area contributed by atoms with E-state index in [0.717, 1.165) is 10.7 Å². The van der Waals surface area contributed by atoms with Gasteiger partial charge in [0.25, 0.3) is 10.1 Å². The van der Waals surface area contributed by atoms with Crippen LogP contribution in [0.1, 0.15) is 5.69 Å². The van der Waals surface area contributed by atoms with Crippen LogP contribution in [-0.2, 0) is 10.1 Å². The third kappa shape index (κ3) is 3.71. The van der Waals surface area contributed by atoms with E-state index in [0.29, 0.717) is 11.4 Å². The number of benzene rings is 3. The highest BCUT2D eigenvalue weighted by Gasteiger charge is 2.20. The first-order valence-electron chi connectivity index (χ1n) is 8.85. The van der Waals surface area contributed by atoms with Gasteiger partial charge in [-0.05, 0) is 31.2 Å². The average Bonchev–Trinajstić information content (AvgIpc) is 3.00. The van der Waals surface area contributed by atoms with Crippen LogP contribution in [0.5, 0.6) is 11.6 Å². The van der Waals surface area contributed by atoms with Gasteiger partial charge in [-0.3, -0.25) is 4.55 Å². The molecule has 1 aromatic heterocycles. The summed E-state index contributed by atoms with van der Waals surface area (Å²) in [7, 11) is -4.59. The standard InChI is InChI=1S/C20H15FN4O5S/c1-11-18(20(27)25(24-11)13-8-6-12(21)7-9-13)22-23-19-15-5-3-2-4-14(15)17(10-16(19)26)31(28,29)30/h2-10,26-27H,1H3,(H,28,29,30)/b23-22+. The summed E-state index contributed by atoms with van der Waals surface area (Å²) in [6, 6.07) is 12.3. The zero-order valence-electron chi connectivity index (χ0n) is 15.9. The summed E-state index contributed by atoms with van der Waals surface area (Å²) in [5.74, 6) is -1.33. The van der Waals surface area contributed by atoms with Crippen LogP contribution in [0.2, 0.25) is 0 Å². The Morgan fingerprint density at radius 3 is 2.23 bits per heavy atom. The van der Waals surface area contributed by atoms with Crippen LogP contribution in [-0.4, -0.2) is 33.0 Å². The van der Waals surface area contributed by atoms with Gasteiger partial charge in [0.05, 0.1) is 11.4 Å². The molecule has 158 valence electrons. The molecular formula is C20H15FN4O5S. The maximum atomic E-state index is 13.2. The lowest BCUT2D eigenvalue weighted by Crippen LogP contribution is -1.99. The minimum Gasteiger partial charge on any atom is -0.506 e. The van der Waals surface area contributed by atoms with Gasteiger partial charge in [0.15, 0.2) is 5.69 Å². The SMILES string of the molecule is Cc1nn(-c2ccc(F)cc2)c(O)c1/N=N/c1c(O)cc(S(=O)(=O)O)c2ccccc12. The van der Waals surface area contributed by atoms with Gasteiger partial charge in [-0.25, -0.2) is 4.39 Å². The Kier molecular flexibility index (Phi) is 4.91. The Balaban J connectivity index is 1.83. The van der Waals surface area contributed by atoms with Gasteiger partial charge in [0.1, 0.15) is 22.1 Å². The summed E-state index contributed by atoms with van der Waals surface area (Å²) >= 11 is 0. The monoisotopic (exact) mass is 442 g/mol. The maximum Gasteiger partial charge on any atom is 0.295 e. The number of halogens is 1. The predicted molar refractivity (Wildman–Crippen MR) is 110 cm³/mol. The summed E-state index contributed by atoms with van der Waals surface area (Å²) in [4.78, 5) is -0.470. The van der Waals surface area contributed by atoms with Crippen LogP contribution in [0.3, 0.4) is 0 Å². The van der Waals surface area contributed by atoms with Gasteiger partial charge in [0.2, 0.25) is 5.88 Å². The molecule has 0 atom stereocenters. The van der Waals surface area contributed by atoms with Crippen molar-refractivity contribution in [3.8, 4) is 17.3 Å². The van der Waals surface area contributed by atoms with Crippen molar-refractivity contribution < 1.29 is 27.6 Å². The molecule has 0 unspecified atom stereocenters. The van der Waals surface area contributed by atoms with Crippen molar-refractivity contribution in [3.63, 3.8) is 0 Å². The van der Waals surface area contributed by atoms with Gasteiger partial charge in [-0.2, -0.15) is 18.2 Å². The molecule has 31 heavy (non-hydrogen) atoms. The van der Waals surface area contributed by atoms with Crippen LogP contribution < -0.4 is 0 Å². The fourth-order valence-corrected chi connectivity index (χ4v) is 3.83. The summed E-state index contributed by atoms with van der Waals surface area (Å²) in [5.41, 5.74) is 0.654. The fourth-order valence-electron chi connectivity index (χ4n) is 3.12. The van der Waals surface area contributed by atoms with E-state index in [1.165, 1.54) is 36.4 Å². The molecule has 0 amide bonds. The zero-order valence-corrected chi connectivity index (χ0v) is 16.7. The van der Waals surface area contributed by atoms with Crippen LogP contribution in [0.25, 0.3) is 16.5 Å². The molecule has 0 saturated carbocycles. The Morgan fingerprint density at radius 1 is 0.968 bits per heavy atom. The number of phenols is 1. The second-order valence-corrected chi connectivity index (χ2v) is 8.00. The van der Waals surface area contributed by atoms with Crippen molar-refractivity contribution in [3.05, 3.63) is 66.1 Å². The van der Waals surface area contributed by atoms with Crippen molar-refractivity contribution in [2.24, 2.45) is 10.2 Å². The van der Waals surface area contributed by atoms with E-state index in [2.05, 4.69) is 15.3 Å². The first kappa shape index (κ1) is 20.4. The first-order chi connectivity index (χ1) is 14.7. The van der Waals surface area contributed by atoms with Crippen LogP contribution in [0.15, 0.2) is 69.7 Å². The lowest BCUT2D eigenvalue weighted by molar-refractivity contribution is 0.434. The predicted octanol–water partition coefficient (Wildman–Crippen LogP) is 4.55. The second kappa shape index (κ2) is 7.45. The van der Waals surface area contributed by atoms with Crippen LogP contribution >= 0.6 is 0 Å². The Hall–Kier alpha value is -3.83. The van der Waals surface area contributed by atoms with E-state index in [4.69, 9.17) is 0 Å². The van der Waals surface area contributed by atoms with Gasteiger partial charge >= 0.3 is 0 Å². The molecule has 4 aromatic rings. The van der Waals surface area contributed by atoms with E-state index < -0.39 is 26.6 Å². The van der Waals surface area contributed by atoms with Crippen LogP contribution in [0.4, 0.5) is 15.8 Å². The van der Waals surface area contributed by atoms with Gasteiger partial charge in [0, 0.05) is 16.8 Å². The quantitative estimate of drug-likeness (QED) is 0.313. The molecule has 1 heterocycles. The normalized spacial score (nSPS) is 12.1. The minimum absolute atomic E-state index is 0.00617. The molecule has 0 saturated heterocycles. The summed E-state index contributed by atoms with van der Waals surface area (Å²) < 4.78 is 47.1. The van der Waals surface area contributed by atoms with Crippen molar-refractivity contribution in [2.75, 3.05) is 0 Å². The highest BCUT2D eigenvalue weighted by atomic mass is 32.2. The molecule has 0 fully saturated rings. The van der Waals surface area contributed by atoms with E-state index in [1.54, 1.807) is 19.1 Å². The number of phenolic OH excluding ortho intramolecular Hbond substituents is 1. The molecule has 0 bridgehead atoms.